The van der Waals surface area contributed by atoms with Gasteiger partial charge in [0.05, 0.1) is 12.8 Å². The highest BCUT2D eigenvalue weighted by Crippen LogP contribution is 2.28. The molecule has 5 nitrogen and oxygen atoms in total. The van der Waals surface area contributed by atoms with Crippen LogP contribution in [0.2, 0.25) is 0 Å². The summed E-state index contributed by atoms with van der Waals surface area (Å²) in [6.45, 7) is 2.07. The normalized spacial score (nSPS) is 11.3. The van der Waals surface area contributed by atoms with E-state index in [1.165, 1.54) is 11.1 Å². The van der Waals surface area contributed by atoms with Crippen LogP contribution in [0.25, 0.3) is 27.6 Å². The number of benzene rings is 3. The number of hydrogen-bond donors (Lipinski definition) is 1. The van der Waals surface area contributed by atoms with E-state index >= 15 is 0 Å². The first-order valence-corrected chi connectivity index (χ1v) is 11.0. The molecule has 5 rings (SSSR count). The van der Waals surface area contributed by atoms with E-state index < -0.39 is 0 Å². The standard InChI is InChI=1S/C25H21N3O2S/c1-16-7-9-17(10-8-16)15-31-25-27-22-20-5-3-4-6-21(20)26-23(22)24(29)28(25)18-11-13-19(30-2)14-12-18/h3-14,26H,15H2,1-2H3. The number of aryl methyl sites for hydroxylation is 1. The van der Waals surface area contributed by atoms with Crippen molar-refractivity contribution in [1.82, 2.24) is 14.5 Å². The lowest BCUT2D eigenvalue weighted by molar-refractivity contribution is 0.414. The molecule has 5 aromatic rings. The number of ether oxygens (including phenoxy) is 1. The van der Waals surface area contributed by atoms with Gasteiger partial charge in [-0.05, 0) is 42.8 Å². The van der Waals surface area contributed by atoms with Crippen LogP contribution in [0.5, 0.6) is 5.75 Å². The van der Waals surface area contributed by atoms with Gasteiger partial charge in [0.25, 0.3) is 5.56 Å². The highest BCUT2D eigenvalue weighted by molar-refractivity contribution is 7.98. The Labute approximate surface area is 183 Å². The van der Waals surface area contributed by atoms with E-state index in [2.05, 4.69) is 36.2 Å². The van der Waals surface area contributed by atoms with Gasteiger partial charge in [0.1, 0.15) is 16.8 Å². The lowest BCUT2D eigenvalue weighted by Crippen LogP contribution is -2.21. The van der Waals surface area contributed by atoms with Crippen molar-refractivity contribution in [3.8, 4) is 11.4 Å². The van der Waals surface area contributed by atoms with Crippen LogP contribution in [-0.4, -0.2) is 21.6 Å². The Bertz CT molecular complexity index is 1430. The molecule has 0 fully saturated rings. The largest absolute Gasteiger partial charge is 0.497 e. The van der Waals surface area contributed by atoms with E-state index in [9.17, 15) is 4.79 Å². The zero-order valence-electron chi connectivity index (χ0n) is 17.3. The quantitative estimate of drug-likeness (QED) is 0.298. The number of nitrogens with one attached hydrogen (secondary N) is 1. The highest BCUT2D eigenvalue weighted by atomic mass is 32.2. The number of fused-ring (bicyclic) bond motifs is 3. The zero-order valence-corrected chi connectivity index (χ0v) is 18.1. The summed E-state index contributed by atoms with van der Waals surface area (Å²) in [5.74, 6) is 1.46. The van der Waals surface area contributed by atoms with Gasteiger partial charge in [-0.15, -0.1) is 0 Å². The van der Waals surface area contributed by atoms with Crippen LogP contribution in [0.4, 0.5) is 0 Å². The average molecular weight is 428 g/mol. The van der Waals surface area contributed by atoms with Gasteiger partial charge < -0.3 is 9.72 Å². The lowest BCUT2D eigenvalue weighted by Gasteiger charge is -2.13. The van der Waals surface area contributed by atoms with E-state index in [-0.39, 0.29) is 5.56 Å². The SMILES string of the molecule is COc1ccc(-n2c(SCc3ccc(C)cc3)nc3c([nH]c4ccccc43)c2=O)cc1. The summed E-state index contributed by atoms with van der Waals surface area (Å²) in [7, 11) is 1.63. The van der Waals surface area contributed by atoms with Crippen molar-refractivity contribution < 1.29 is 4.74 Å². The first kappa shape index (κ1) is 19.5. The molecule has 3 aromatic carbocycles. The van der Waals surface area contributed by atoms with Gasteiger partial charge in [-0.1, -0.05) is 59.8 Å². The minimum absolute atomic E-state index is 0.113. The van der Waals surface area contributed by atoms with Crippen LogP contribution in [0, 0.1) is 6.92 Å². The number of thioether (sulfide) groups is 1. The van der Waals surface area contributed by atoms with Crippen molar-refractivity contribution in [2.45, 2.75) is 17.8 Å². The summed E-state index contributed by atoms with van der Waals surface area (Å²) < 4.78 is 6.95. The zero-order chi connectivity index (χ0) is 21.4. The fraction of sp³-hybridized carbons (Fsp3) is 0.120. The Hall–Kier alpha value is -3.51. The fourth-order valence-corrected chi connectivity index (χ4v) is 4.59. The predicted octanol–water partition coefficient (Wildman–Crippen LogP) is 5.48. The Morgan fingerprint density at radius 1 is 1.00 bits per heavy atom. The first-order chi connectivity index (χ1) is 15.1. The molecule has 0 saturated carbocycles. The summed E-state index contributed by atoms with van der Waals surface area (Å²) in [5, 5.41) is 1.61. The molecule has 0 radical (unpaired) electrons. The number of H-pyrrole nitrogens is 1. The second-order valence-electron chi connectivity index (χ2n) is 7.40. The molecule has 0 aliphatic heterocycles. The maximum absolute atomic E-state index is 13.6. The molecule has 31 heavy (non-hydrogen) atoms. The third kappa shape index (κ3) is 3.59. The number of aromatic amines is 1. The molecule has 0 amide bonds. The minimum atomic E-state index is -0.113. The second kappa shape index (κ2) is 7.96. The number of para-hydroxylation sites is 1. The molecule has 2 heterocycles. The number of aromatic nitrogens is 3. The summed E-state index contributed by atoms with van der Waals surface area (Å²) in [6.07, 6.45) is 0. The number of methoxy groups -OCH3 is 1. The molecular formula is C25H21N3O2S. The Kier molecular flexibility index (Phi) is 5.00. The third-order valence-corrected chi connectivity index (χ3v) is 6.32. The molecule has 0 atom stereocenters. The monoisotopic (exact) mass is 427 g/mol. The van der Waals surface area contributed by atoms with Crippen LogP contribution in [0.1, 0.15) is 11.1 Å². The van der Waals surface area contributed by atoms with Crippen LogP contribution < -0.4 is 10.3 Å². The van der Waals surface area contributed by atoms with E-state index in [1.807, 2.05) is 48.5 Å². The average Bonchev–Trinajstić information content (AvgIpc) is 3.18. The van der Waals surface area contributed by atoms with E-state index in [4.69, 9.17) is 9.72 Å². The van der Waals surface area contributed by atoms with Crippen molar-refractivity contribution in [2.24, 2.45) is 0 Å². The minimum Gasteiger partial charge on any atom is -0.497 e. The molecule has 0 saturated heterocycles. The van der Waals surface area contributed by atoms with Crippen LogP contribution in [-0.2, 0) is 5.75 Å². The van der Waals surface area contributed by atoms with Gasteiger partial charge in [-0.3, -0.25) is 9.36 Å². The molecule has 2 aromatic heterocycles. The molecular weight excluding hydrogens is 406 g/mol. The predicted molar refractivity (Wildman–Crippen MR) is 126 cm³/mol. The van der Waals surface area contributed by atoms with Crippen LogP contribution >= 0.6 is 11.8 Å². The molecule has 6 heteroatoms. The summed E-state index contributed by atoms with van der Waals surface area (Å²) in [6, 6.07) is 23.8. The molecule has 0 spiro atoms. The second-order valence-corrected chi connectivity index (χ2v) is 8.34. The highest BCUT2D eigenvalue weighted by Gasteiger charge is 2.17. The van der Waals surface area contributed by atoms with Gasteiger partial charge in [0.15, 0.2) is 5.16 Å². The summed E-state index contributed by atoms with van der Waals surface area (Å²) in [4.78, 5) is 21.8. The molecule has 0 bridgehead atoms. The van der Waals surface area contributed by atoms with Gasteiger partial charge in [0.2, 0.25) is 0 Å². The Morgan fingerprint density at radius 2 is 1.74 bits per heavy atom. The van der Waals surface area contributed by atoms with Gasteiger partial charge in [-0.2, -0.15) is 0 Å². The topological polar surface area (TPSA) is 59.9 Å². The molecule has 154 valence electrons. The smallest absolute Gasteiger partial charge is 0.283 e. The Balaban J connectivity index is 1.68. The summed E-state index contributed by atoms with van der Waals surface area (Å²) in [5.41, 5.74) is 5.17. The van der Waals surface area contributed by atoms with Crippen molar-refractivity contribution >= 4 is 33.7 Å². The van der Waals surface area contributed by atoms with E-state index in [0.717, 1.165) is 28.1 Å². The fourth-order valence-electron chi connectivity index (χ4n) is 3.63. The van der Waals surface area contributed by atoms with Crippen molar-refractivity contribution in [1.29, 1.82) is 0 Å². The number of hydrogen-bond acceptors (Lipinski definition) is 4. The Morgan fingerprint density at radius 3 is 2.48 bits per heavy atom. The van der Waals surface area contributed by atoms with Crippen molar-refractivity contribution in [2.75, 3.05) is 7.11 Å². The first-order valence-electron chi connectivity index (χ1n) is 10.0. The van der Waals surface area contributed by atoms with E-state index in [0.29, 0.717) is 16.2 Å². The maximum atomic E-state index is 13.6. The van der Waals surface area contributed by atoms with Gasteiger partial charge >= 0.3 is 0 Å². The van der Waals surface area contributed by atoms with Crippen LogP contribution in [0.3, 0.4) is 0 Å². The third-order valence-electron chi connectivity index (χ3n) is 5.31. The summed E-state index contributed by atoms with van der Waals surface area (Å²) >= 11 is 1.56. The van der Waals surface area contributed by atoms with Crippen molar-refractivity contribution in [3.63, 3.8) is 0 Å². The van der Waals surface area contributed by atoms with Crippen LogP contribution in [0.15, 0.2) is 82.7 Å². The van der Waals surface area contributed by atoms with Crippen molar-refractivity contribution in [3.05, 3.63) is 94.3 Å². The molecule has 1 N–H and O–H groups in total. The lowest BCUT2D eigenvalue weighted by atomic mass is 10.2. The van der Waals surface area contributed by atoms with Gasteiger partial charge in [0, 0.05) is 16.7 Å². The van der Waals surface area contributed by atoms with Gasteiger partial charge in [-0.25, -0.2) is 4.98 Å². The molecule has 0 aliphatic rings. The number of nitrogens with zero attached hydrogens (tertiary/aromatic N) is 2. The number of rotatable bonds is 5. The maximum Gasteiger partial charge on any atom is 0.283 e. The molecule has 0 unspecified atom stereocenters. The molecule has 0 aliphatic carbocycles. The van der Waals surface area contributed by atoms with E-state index in [1.54, 1.807) is 23.4 Å².